The summed E-state index contributed by atoms with van der Waals surface area (Å²) in [6, 6.07) is 5.09. The highest BCUT2D eigenvalue weighted by atomic mass is 79.9. The highest BCUT2D eigenvalue weighted by molar-refractivity contribution is 9.10. The lowest BCUT2D eigenvalue weighted by Gasteiger charge is -2.12. The zero-order valence-electron chi connectivity index (χ0n) is 10.4. The smallest absolute Gasteiger partial charge is 0.126 e. The van der Waals surface area contributed by atoms with Crippen molar-refractivity contribution in [2.24, 2.45) is 5.73 Å². The Bertz CT molecular complexity index is 341. The van der Waals surface area contributed by atoms with E-state index < -0.39 is 0 Å². The Labute approximate surface area is 112 Å². The number of halogens is 2. The van der Waals surface area contributed by atoms with E-state index in [0.717, 1.165) is 17.3 Å². The average molecular weight is 302 g/mol. The van der Waals surface area contributed by atoms with Crippen LogP contribution in [-0.4, -0.2) is 6.04 Å². The van der Waals surface area contributed by atoms with Gasteiger partial charge in [-0.1, -0.05) is 48.5 Å². The number of rotatable bonds is 7. The Kier molecular flexibility index (Phi) is 6.75. The van der Waals surface area contributed by atoms with Gasteiger partial charge in [0.05, 0.1) is 0 Å². The lowest BCUT2D eigenvalue weighted by molar-refractivity contribution is 0.530. The number of hydrogen-bond donors (Lipinski definition) is 1. The Morgan fingerprint density at radius 1 is 1.29 bits per heavy atom. The van der Waals surface area contributed by atoms with Crippen LogP contribution in [0.1, 0.15) is 44.6 Å². The summed E-state index contributed by atoms with van der Waals surface area (Å²) in [4.78, 5) is 0. The molecule has 17 heavy (non-hydrogen) atoms. The van der Waals surface area contributed by atoms with Crippen LogP contribution in [0, 0.1) is 5.82 Å². The van der Waals surface area contributed by atoms with Gasteiger partial charge in [-0.05, 0) is 36.6 Å². The molecule has 1 nitrogen and oxygen atoms in total. The fraction of sp³-hybridized carbons (Fsp3) is 0.571. The molecule has 1 aromatic carbocycles. The first-order chi connectivity index (χ1) is 8.13. The summed E-state index contributed by atoms with van der Waals surface area (Å²) >= 11 is 3.35. The molecule has 1 aromatic rings. The monoisotopic (exact) mass is 301 g/mol. The van der Waals surface area contributed by atoms with Crippen molar-refractivity contribution in [3.05, 3.63) is 34.1 Å². The van der Waals surface area contributed by atoms with Crippen molar-refractivity contribution in [3.8, 4) is 0 Å². The Morgan fingerprint density at radius 3 is 2.76 bits per heavy atom. The molecule has 0 saturated carbocycles. The molecule has 0 saturated heterocycles. The first-order valence-electron chi connectivity index (χ1n) is 6.33. The summed E-state index contributed by atoms with van der Waals surface area (Å²) < 4.78 is 14.4. The van der Waals surface area contributed by atoms with Crippen LogP contribution in [0.3, 0.4) is 0 Å². The van der Waals surface area contributed by atoms with E-state index in [1.54, 1.807) is 6.07 Å². The van der Waals surface area contributed by atoms with E-state index in [1.807, 2.05) is 6.07 Å². The van der Waals surface area contributed by atoms with Crippen LogP contribution in [0.15, 0.2) is 22.7 Å². The largest absolute Gasteiger partial charge is 0.327 e. The fourth-order valence-electron chi connectivity index (χ4n) is 1.92. The lowest BCUT2D eigenvalue weighted by Crippen LogP contribution is -2.23. The zero-order valence-corrected chi connectivity index (χ0v) is 12.0. The molecule has 0 aliphatic heterocycles. The minimum Gasteiger partial charge on any atom is -0.327 e. The summed E-state index contributed by atoms with van der Waals surface area (Å²) in [6.07, 6.45) is 6.46. The van der Waals surface area contributed by atoms with Gasteiger partial charge in [0.25, 0.3) is 0 Å². The van der Waals surface area contributed by atoms with Gasteiger partial charge in [0.15, 0.2) is 0 Å². The normalized spacial score (nSPS) is 12.7. The molecule has 0 aliphatic rings. The quantitative estimate of drug-likeness (QED) is 0.741. The fourth-order valence-corrected chi connectivity index (χ4v) is 2.33. The molecule has 0 aliphatic carbocycles. The third kappa shape index (κ3) is 5.64. The highest BCUT2D eigenvalue weighted by Crippen LogP contribution is 2.18. The molecule has 0 amide bonds. The maximum Gasteiger partial charge on any atom is 0.126 e. The average Bonchev–Trinajstić information content (AvgIpc) is 2.29. The standard InChI is InChI=1S/C14H21BrFN/c1-2-3-4-5-6-13(17)10-11-9-12(15)7-8-14(11)16/h7-9,13H,2-6,10,17H2,1H3. The topological polar surface area (TPSA) is 26.0 Å². The van der Waals surface area contributed by atoms with E-state index in [4.69, 9.17) is 5.73 Å². The van der Waals surface area contributed by atoms with Gasteiger partial charge in [-0.2, -0.15) is 0 Å². The molecule has 0 heterocycles. The van der Waals surface area contributed by atoms with E-state index >= 15 is 0 Å². The van der Waals surface area contributed by atoms with Gasteiger partial charge in [0.2, 0.25) is 0 Å². The minimum atomic E-state index is -0.155. The van der Waals surface area contributed by atoms with E-state index in [-0.39, 0.29) is 11.9 Å². The SMILES string of the molecule is CCCCCCC(N)Cc1cc(Br)ccc1F. The van der Waals surface area contributed by atoms with Crippen LogP contribution in [0.5, 0.6) is 0 Å². The van der Waals surface area contributed by atoms with Crippen LogP contribution in [0.25, 0.3) is 0 Å². The number of nitrogens with two attached hydrogens (primary N) is 1. The minimum absolute atomic E-state index is 0.0654. The van der Waals surface area contributed by atoms with E-state index in [2.05, 4.69) is 22.9 Å². The Balaban J connectivity index is 2.39. The van der Waals surface area contributed by atoms with E-state index in [0.29, 0.717) is 12.0 Å². The highest BCUT2D eigenvalue weighted by Gasteiger charge is 2.08. The second-order valence-corrected chi connectivity index (χ2v) is 5.46. The van der Waals surface area contributed by atoms with Crippen LogP contribution in [0.2, 0.25) is 0 Å². The Hall–Kier alpha value is -0.410. The summed E-state index contributed by atoms with van der Waals surface area (Å²) in [5.74, 6) is -0.155. The van der Waals surface area contributed by atoms with Crippen molar-refractivity contribution in [2.75, 3.05) is 0 Å². The van der Waals surface area contributed by atoms with Crippen LogP contribution < -0.4 is 5.73 Å². The molecule has 0 aromatic heterocycles. The maximum atomic E-state index is 13.5. The maximum absolute atomic E-state index is 13.5. The molecule has 1 unspecified atom stereocenters. The second-order valence-electron chi connectivity index (χ2n) is 4.55. The molecule has 3 heteroatoms. The molecular formula is C14H21BrFN. The molecule has 1 atom stereocenters. The molecule has 0 fully saturated rings. The first kappa shape index (κ1) is 14.7. The van der Waals surface area contributed by atoms with Gasteiger partial charge in [0, 0.05) is 10.5 Å². The van der Waals surface area contributed by atoms with Gasteiger partial charge >= 0.3 is 0 Å². The second kappa shape index (κ2) is 7.83. The zero-order chi connectivity index (χ0) is 12.7. The van der Waals surface area contributed by atoms with Crippen LogP contribution >= 0.6 is 15.9 Å². The van der Waals surface area contributed by atoms with Gasteiger partial charge in [-0.3, -0.25) is 0 Å². The lowest BCUT2D eigenvalue weighted by atomic mass is 10.0. The summed E-state index contributed by atoms with van der Waals surface area (Å²) in [5.41, 5.74) is 6.74. The molecule has 0 bridgehead atoms. The number of unbranched alkanes of at least 4 members (excludes halogenated alkanes) is 3. The van der Waals surface area contributed by atoms with E-state index in [9.17, 15) is 4.39 Å². The molecule has 0 spiro atoms. The predicted octanol–water partition coefficient (Wildman–Crippen LogP) is 4.43. The summed E-state index contributed by atoms with van der Waals surface area (Å²) in [6.45, 7) is 2.19. The first-order valence-corrected chi connectivity index (χ1v) is 7.12. The third-order valence-electron chi connectivity index (χ3n) is 2.92. The third-order valence-corrected chi connectivity index (χ3v) is 3.41. The van der Waals surface area contributed by atoms with E-state index in [1.165, 1.54) is 25.3 Å². The van der Waals surface area contributed by atoms with Crippen molar-refractivity contribution < 1.29 is 4.39 Å². The van der Waals surface area contributed by atoms with Crippen LogP contribution in [0.4, 0.5) is 4.39 Å². The van der Waals surface area contributed by atoms with Crippen molar-refractivity contribution in [1.82, 2.24) is 0 Å². The molecule has 2 N–H and O–H groups in total. The van der Waals surface area contributed by atoms with Gasteiger partial charge in [-0.15, -0.1) is 0 Å². The number of hydrogen-bond acceptors (Lipinski definition) is 1. The van der Waals surface area contributed by atoms with Crippen molar-refractivity contribution in [2.45, 2.75) is 51.5 Å². The van der Waals surface area contributed by atoms with Gasteiger partial charge in [0.1, 0.15) is 5.82 Å². The molecule has 1 rings (SSSR count). The van der Waals surface area contributed by atoms with Gasteiger partial charge in [-0.25, -0.2) is 4.39 Å². The molecular weight excluding hydrogens is 281 g/mol. The summed E-state index contributed by atoms with van der Waals surface area (Å²) in [5, 5.41) is 0. The molecule has 0 radical (unpaired) electrons. The predicted molar refractivity (Wildman–Crippen MR) is 74.5 cm³/mol. The van der Waals surface area contributed by atoms with Crippen molar-refractivity contribution in [3.63, 3.8) is 0 Å². The van der Waals surface area contributed by atoms with Crippen LogP contribution in [-0.2, 0) is 6.42 Å². The molecule has 96 valence electrons. The van der Waals surface area contributed by atoms with Crippen molar-refractivity contribution >= 4 is 15.9 Å². The van der Waals surface area contributed by atoms with Crippen molar-refractivity contribution in [1.29, 1.82) is 0 Å². The summed E-state index contributed by atoms with van der Waals surface area (Å²) in [7, 11) is 0. The Morgan fingerprint density at radius 2 is 2.06 bits per heavy atom. The van der Waals surface area contributed by atoms with Gasteiger partial charge < -0.3 is 5.73 Å². The number of benzene rings is 1.